The summed E-state index contributed by atoms with van der Waals surface area (Å²) in [6, 6.07) is 4.92. The first-order valence-corrected chi connectivity index (χ1v) is 6.20. The van der Waals surface area contributed by atoms with Crippen molar-refractivity contribution in [3.63, 3.8) is 0 Å². The Morgan fingerprint density at radius 3 is 2.72 bits per heavy atom. The van der Waals surface area contributed by atoms with Gasteiger partial charge in [-0.15, -0.1) is 0 Å². The van der Waals surface area contributed by atoms with Crippen molar-refractivity contribution in [1.82, 2.24) is 5.32 Å². The zero-order valence-electron chi connectivity index (χ0n) is 10.9. The van der Waals surface area contributed by atoms with Gasteiger partial charge in [-0.2, -0.15) is 0 Å². The molecule has 0 radical (unpaired) electrons. The summed E-state index contributed by atoms with van der Waals surface area (Å²) in [5.41, 5.74) is 5.84. The fourth-order valence-corrected chi connectivity index (χ4v) is 1.42. The molecular weight excluding hydrogens is 252 g/mol. The van der Waals surface area contributed by atoms with Crippen LogP contribution in [0.5, 0.6) is 5.75 Å². The highest BCUT2D eigenvalue weighted by Crippen LogP contribution is 2.23. The molecule has 5 heteroatoms. The number of benzene rings is 1. The highest BCUT2D eigenvalue weighted by Gasteiger charge is 2.17. The maximum Gasteiger partial charge on any atom is 0.258 e. The van der Waals surface area contributed by atoms with Gasteiger partial charge in [-0.3, -0.25) is 4.79 Å². The number of anilines is 1. The molecule has 0 fully saturated rings. The van der Waals surface area contributed by atoms with Crippen LogP contribution in [0.15, 0.2) is 18.2 Å². The Balaban J connectivity index is 2.50. The summed E-state index contributed by atoms with van der Waals surface area (Å²) in [5, 5.41) is 3.30. The zero-order chi connectivity index (χ0) is 13.8. The van der Waals surface area contributed by atoms with Crippen LogP contribution in [-0.4, -0.2) is 18.1 Å². The minimum Gasteiger partial charge on any atom is -0.484 e. The number of halogens is 1. The molecule has 1 aromatic carbocycles. The molecule has 0 unspecified atom stereocenters. The van der Waals surface area contributed by atoms with Crippen LogP contribution in [0.4, 0.5) is 5.69 Å². The Morgan fingerprint density at radius 2 is 2.17 bits per heavy atom. The third-order valence-electron chi connectivity index (χ3n) is 2.70. The van der Waals surface area contributed by atoms with Gasteiger partial charge in [0.15, 0.2) is 6.61 Å². The summed E-state index contributed by atoms with van der Waals surface area (Å²) in [6.45, 7) is 5.90. The molecule has 1 aromatic rings. The fourth-order valence-electron chi connectivity index (χ4n) is 1.25. The minimum absolute atomic E-state index is 0.0380. The van der Waals surface area contributed by atoms with Crippen LogP contribution in [0, 0.1) is 0 Å². The lowest BCUT2D eigenvalue weighted by atomic mass is 10.0. The Bertz CT molecular complexity index is 433. The van der Waals surface area contributed by atoms with Crippen molar-refractivity contribution < 1.29 is 9.53 Å². The molecular formula is C13H19ClN2O2. The second kappa shape index (κ2) is 5.96. The third-order valence-corrected chi connectivity index (χ3v) is 3.03. The smallest absolute Gasteiger partial charge is 0.258 e. The maximum atomic E-state index is 11.6. The first-order valence-electron chi connectivity index (χ1n) is 5.83. The number of hydrogen-bond acceptors (Lipinski definition) is 3. The fraction of sp³-hybridized carbons (Fsp3) is 0.462. The molecule has 0 aromatic heterocycles. The molecule has 0 aliphatic heterocycles. The molecule has 1 rings (SSSR count). The molecule has 1 amide bonds. The van der Waals surface area contributed by atoms with Gasteiger partial charge in [-0.05, 0) is 32.4 Å². The number of ether oxygens (including phenoxy) is 1. The molecule has 0 saturated carbocycles. The summed E-state index contributed by atoms with van der Waals surface area (Å²) in [4.78, 5) is 11.6. The second-order valence-corrected chi connectivity index (χ2v) is 5.16. The predicted molar refractivity (Wildman–Crippen MR) is 73.9 cm³/mol. The van der Waals surface area contributed by atoms with E-state index >= 15 is 0 Å². The van der Waals surface area contributed by atoms with E-state index in [1.807, 2.05) is 20.8 Å². The standard InChI is InChI=1S/C13H19ClN2O2/c1-4-13(2,3)16-12(17)8-18-9-5-6-11(15)10(14)7-9/h5-7H,4,8,15H2,1-3H3,(H,16,17). The van der Waals surface area contributed by atoms with Crippen LogP contribution >= 0.6 is 11.6 Å². The van der Waals surface area contributed by atoms with Gasteiger partial charge in [0.25, 0.3) is 5.91 Å². The van der Waals surface area contributed by atoms with Crippen molar-refractivity contribution in [3.8, 4) is 5.75 Å². The van der Waals surface area contributed by atoms with Crippen LogP contribution < -0.4 is 15.8 Å². The van der Waals surface area contributed by atoms with Gasteiger partial charge in [-0.1, -0.05) is 18.5 Å². The van der Waals surface area contributed by atoms with E-state index in [4.69, 9.17) is 22.1 Å². The van der Waals surface area contributed by atoms with E-state index in [0.717, 1.165) is 6.42 Å². The van der Waals surface area contributed by atoms with Gasteiger partial charge in [0.1, 0.15) is 5.75 Å². The van der Waals surface area contributed by atoms with Gasteiger partial charge in [-0.25, -0.2) is 0 Å². The van der Waals surface area contributed by atoms with Crippen molar-refractivity contribution >= 4 is 23.2 Å². The van der Waals surface area contributed by atoms with Crippen molar-refractivity contribution in [2.24, 2.45) is 0 Å². The molecule has 0 aliphatic rings. The molecule has 18 heavy (non-hydrogen) atoms. The van der Waals surface area contributed by atoms with Crippen LogP contribution in [0.3, 0.4) is 0 Å². The monoisotopic (exact) mass is 270 g/mol. The topological polar surface area (TPSA) is 64.3 Å². The third kappa shape index (κ3) is 4.45. The largest absolute Gasteiger partial charge is 0.484 e. The van der Waals surface area contributed by atoms with Crippen LogP contribution in [0.2, 0.25) is 5.02 Å². The predicted octanol–water partition coefficient (Wildman–Crippen LogP) is 2.61. The first kappa shape index (κ1) is 14.6. The van der Waals surface area contributed by atoms with Crippen LogP contribution in [-0.2, 0) is 4.79 Å². The molecule has 0 atom stereocenters. The molecule has 0 aliphatic carbocycles. The average Bonchev–Trinajstić information content (AvgIpc) is 2.30. The molecule has 0 bridgehead atoms. The quantitative estimate of drug-likeness (QED) is 0.809. The zero-order valence-corrected chi connectivity index (χ0v) is 11.7. The number of amides is 1. The summed E-state index contributed by atoms with van der Waals surface area (Å²) in [6.07, 6.45) is 0.854. The second-order valence-electron chi connectivity index (χ2n) is 4.76. The summed E-state index contributed by atoms with van der Waals surface area (Å²) in [7, 11) is 0. The Labute approximate surface area is 112 Å². The summed E-state index contributed by atoms with van der Waals surface area (Å²) in [5.74, 6) is 0.369. The number of carbonyl (C=O) groups is 1. The lowest BCUT2D eigenvalue weighted by Crippen LogP contribution is -2.44. The van der Waals surface area contributed by atoms with Gasteiger partial charge in [0.05, 0.1) is 10.7 Å². The molecule has 0 saturated heterocycles. The van der Waals surface area contributed by atoms with Gasteiger partial charge >= 0.3 is 0 Å². The number of nitrogens with two attached hydrogens (primary N) is 1. The first-order chi connectivity index (χ1) is 8.34. The number of rotatable bonds is 5. The Morgan fingerprint density at radius 1 is 1.50 bits per heavy atom. The van der Waals surface area contributed by atoms with Crippen LogP contribution in [0.1, 0.15) is 27.2 Å². The van der Waals surface area contributed by atoms with Gasteiger partial charge < -0.3 is 15.8 Å². The minimum atomic E-state index is -0.223. The Hall–Kier alpha value is -1.42. The number of nitrogens with one attached hydrogen (secondary N) is 1. The summed E-state index contributed by atoms with van der Waals surface area (Å²) >= 11 is 5.85. The molecule has 3 N–H and O–H groups in total. The van der Waals surface area contributed by atoms with Gasteiger partial charge in [0.2, 0.25) is 0 Å². The number of nitrogen functional groups attached to an aromatic ring is 1. The molecule has 4 nitrogen and oxygen atoms in total. The SMILES string of the molecule is CCC(C)(C)NC(=O)COc1ccc(N)c(Cl)c1. The number of hydrogen-bond donors (Lipinski definition) is 2. The van der Waals surface area contributed by atoms with Crippen molar-refractivity contribution in [1.29, 1.82) is 0 Å². The van der Waals surface area contributed by atoms with E-state index in [-0.39, 0.29) is 18.1 Å². The Kier molecular flexibility index (Phi) is 4.84. The van der Waals surface area contributed by atoms with E-state index in [1.54, 1.807) is 18.2 Å². The van der Waals surface area contributed by atoms with Gasteiger partial charge in [0, 0.05) is 11.6 Å². The van der Waals surface area contributed by atoms with Crippen molar-refractivity contribution in [2.75, 3.05) is 12.3 Å². The average molecular weight is 271 g/mol. The van der Waals surface area contributed by atoms with E-state index in [0.29, 0.717) is 16.5 Å². The summed E-state index contributed by atoms with van der Waals surface area (Å²) < 4.78 is 5.34. The van der Waals surface area contributed by atoms with Crippen LogP contribution in [0.25, 0.3) is 0 Å². The number of carbonyl (C=O) groups excluding carboxylic acids is 1. The molecule has 100 valence electrons. The highest BCUT2D eigenvalue weighted by atomic mass is 35.5. The van der Waals surface area contributed by atoms with E-state index in [2.05, 4.69) is 5.32 Å². The molecule has 0 spiro atoms. The van der Waals surface area contributed by atoms with Crippen molar-refractivity contribution in [2.45, 2.75) is 32.7 Å². The molecule has 0 heterocycles. The van der Waals surface area contributed by atoms with E-state index in [1.165, 1.54) is 0 Å². The lowest BCUT2D eigenvalue weighted by molar-refractivity contribution is -0.124. The van der Waals surface area contributed by atoms with E-state index in [9.17, 15) is 4.79 Å². The maximum absolute atomic E-state index is 11.6. The van der Waals surface area contributed by atoms with E-state index < -0.39 is 0 Å². The normalized spacial score (nSPS) is 11.1. The lowest BCUT2D eigenvalue weighted by Gasteiger charge is -2.24. The highest BCUT2D eigenvalue weighted by molar-refractivity contribution is 6.33. The van der Waals surface area contributed by atoms with Crippen molar-refractivity contribution in [3.05, 3.63) is 23.2 Å².